The van der Waals surface area contributed by atoms with Crippen LogP contribution in [0.25, 0.3) is 9.40 Å². The van der Waals surface area contributed by atoms with Crippen LogP contribution in [-0.4, -0.2) is 36.5 Å². The van der Waals surface area contributed by atoms with Crippen molar-refractivity contribution in [2.75, 3.05) is 19.6 Å². The quantitative estimate of drug-likeness (QED) is 0.859. The van der Waals surface area contributed by atoms with Crippen molar-refractivity contribution in [2.45, 2.75) is 13.0 Å². The number of thiophene rings is 2. The summed E-state index contributed by atoms with van der Waals surface area (Å²) in [4.78, 5) is 15.2. The van der Waals surface area contributed by atoms with E-state index in [1.165, 1.54) is 9.40 Å². The second-order valence-electron chi connectivity index (χ2n) is 4.37. The van der Waals surface area contributed by atoms with Crippen LogP contribution in [0.5, 0.6) is 0 Å². The molecule has 1 saturated heterocycles. The minimum atomic E-state index is 0.187. The minimum Gasteiger partial charge on any atom is -0.335 e. The van der Waals surface area contributed by atoms with Crippen LogP contribution in [0.1, 0.15) is 16.6 Å². The fraction of sp³-hybridized carbons (Fsp3) is 0.417. The highest BCUT2D eigenvalue weighted by atomic mass is 32.1. The first kappa shape index (κ1) is 11.2. The normalized spacial score (nSPS) is 21.0. The standard InChI is InChI=1S/C12H14N2OS2/c1-8-7-14(4-3-13-8)12(15)11-6-10-9(17-11)2-5-16-10/h2,5-6,8,13H,3-4,7H2,1H3. The van der Waals surface area contributed by atoms with Gasteiger partial charge in [-0.25, -0.2) is 0 Å². The summed E-state index contributed by atoms with van der Waals surface area (Å²) in [7, 11) is 0. The number of piperazine rings is 1. The Morgan fingerprint density at radius 3 is 3.18 bits per heavy atom. The highest BCUT2D eigenvalue weighted by Gasteiger charge is 2.23. The van der Waals surface area contributed by atoms with Gasteiger partial charge < -0.3 is 10.2 Å². The van der Waals surface area contributed by atoms with Gasteiger partial charge in [-0.15, -0.1) is 22.7 Å². The molecule has 2 aromatic rings. The summed E-state index contributed by atoms with van der Waals surface area (Å²) in [5, 5.41) is 5.42. The smallest absolute Gasteiger partial charge is 0.264 e. The molecule has 0 radical (unpaired) electrons. The van der Waals surface area contributed by atoms with Gasteiger partial charge in [0, 0.05) is 35.1 Å². The second kappa shape index (κ2) is 4.40. The van der Waals surface area contributed by atoms with Gasteiger partial charge in [0.15, 0.2) is 0 Å². The van der Waals surface area contributed by atoms with Crippen molar-refractivity contribution in [3.8, 4) is 0 Å². The monoisotopic (exact) mass is 266 g/mol. The van der Waals surface area contributed by atoms with E-state index in [1.54, 1.807) is 22.7 Å². The van der Waals surface area contributed by atoms with Crippen LogP contribution in [0, 0.1) is 0 Å². The molecule has 0 spiro atoms. The number of fused-ring (bicyclic) bond motifs is 1. The highest BCUT2D eigenvalue weighted by molar-refractivity contribution is 7.27. The topological polar surface area (TPSA) is 32.3 Å². The predicted molar refractivity (Wildman–Crippen MR) is 73.1 cm³/mol. The molecule has 3 heterocycles. The summed E-state index contributed by atoms with van der Waals surface area (Å²) in [6.45, 7) is 4.64. The molecule has 90 valence electrons. The molecule has 1 N–H and O–H groups in total. The van der Waals surface area contributed by atoms with Gasteiger partial charge in [-0.2, -0.15) is 0 Å². The van der Waals surface area contributed by atoms with Crippen molar-refractivity contribution in [1.29, 1.82) is 0 Å². The van der Waals surface area contributed by atoms with E-state index in [9.17, 15) is 4.79 Å². The second-order valence-corrected chi connectivity index (χ2v) is 6.40. The first-order chi connectivity index (χ1) is 8.24. The van der Waals surface area contributed by atoms with Crippen molar-refractivity contribution in [3.63, 3.8) is 0 Å². The Labute approximate surface area is 108 Å². The SMILES string of the molecule is CC1CN(C(=O)c2cc3sccc3s2)CCN1. The molecule has 3 nitrogen and oxygen atoms in total. The fourth-order valence-electron chi connectivity index (χ4n) is 2.14. The van der Waals surface area contributed by atoms with Gasteiger partial charge in [-0.1, -0.05) is 0 Å². The maximum absolute atomic E-state index is 12.3. The Morgan fingerprint density at radius 1 is 1.53 bits per heavy atom. The molecule has 1 unspecified atom stereocenters. The summed E-state index contributed by atoms with van der Waals surface area (Å²) >= 11 is 3.31. The van der Waals surface area contributed by atoms with E-state index < -0.39 is 0 Å². The Bertz CT molecular complexity index is 517. The predicted octanol–water partition coefficient (Wildman–Crippen LogP) is 2.40. The summed E-state index contributed by atoms with van der Waals surface area (Å²) in [6.07, 6.45) is 0. The van der Waals surface area contributed by atoms with Gasteiger partial charge in [-0.05, 0) is 24.4 Å². The zero-order valence-corrected chi connectivity index (χ0v) is 11.2. The first-order valence-electron chi connectivity index (χ1n) is 5.74. The molecular formula is C12H14N2OS2. The molecule has 1 amide bonds. The van der Waals surface area contributed by atoms with E-state index in [0.717, 1.165) is 24.5 Å². The van der Waals surface area contributed by atoms with Crippen molar-refractivity contribution in [1.82, 2.24) is 10.2 Å². The van der Waals surface area contributed by atoms with Crippen LogP contribution in [0.2, 0.25) is 0 Å². The molecule has 1 aliphatic rings. The number of hydrogen-bond donors (Lipinski definition) is 1. The zero-order chi connectivity index (χ0) is 11.8. The van der Waals surface area contributed by atoms with Crippen molar-refractivity contribution in [2.24, 2.45) is 0 Å². The summed E-state index contributed by atoms with van der Waals surface area (Å²) in [5.74, 6) is 0.187. The lowest BCUT2D eigenvalue weighted by Gasteiger charge is -2.31. The van der Waals surface area contributed by atoms with E-state index >= 15 is 0 Å². The Balaban J connectivity index is 1.83. The van der Waals surface area contributed by atoms with E-state index in [2.05, 4.69) is 23.7 Å². The lowest BCUT2D eigenvalue weighted by atomic mass is 10.2. The molecule has 3 rings (SSSR count). The Kier molecular flexibility index (Phi) is 2.90. The molecule has 17 heavy (non-hydrogen) atoms. The number of nitrogens with zero attached hydrogens (tertiary/aromatic N) is 1. The van der Waals surface area contributed by atoms with Crippen LogP contribution in [-0.2, 0) is 0 Å². The van der Waals surface area contributed by atoms with Crippen molar-refractivity contribution < 1.29 is 4.79 Å². The molecular weight excluding hydrogens is 252 g/mol. The van der Waals surface area contributed by atoms with Crippen molar-refractivity contribution >= 4 is 38.0 Å². The van der Waals surface area contributed by atoms with E-state index in [0.29, 0.717) is 6.04 Å². The van der Waals surface area contributed by atoms with Crippen LogP contribution >= 0.6 is 22.7 Å². The number of amides is 1. The third-order valence-corrected chi connectivity index (χ3v) is 5.09. The van der Waals surface area contributed by atoms with Crippen LogP contribution < -0.4 is 5.32 Å². The molecule has 1 fully saturated rings. The average molecular weight is 266 g/mol. The Morgan fingerprint density at radius 2 is 2.41 bits per heavy atom. The molecule has 1 atom stereocenters. The van der Waals surface area contributed by atoms with E-state index in [1.807, 2.05) is 11.0 Å². The molecule has 2 aromatic heterocycles. The summed E-state index contributed by atoms with van der Waals surface area (Å²) < 4.78 is 2.45. The lowest BCUT2D eigenvalue weighted by molar-refractivity contribution is 0.0714. The third-order valence-electron chi connectivity index (χ3n) is 3.01. The number of carbonyl (C=O) groups is 1. The fourth-order valence-corrected chi connectivity index (χ4v) is 4.22. The largest absolute Gasteiger partial charge is 0.335 e. The molecule has 0 aromatic carbocycles. The van der Waals surface area contributed by atoms with Crippen LogP contribution in [0.4, 0.5) is 0 Å². The van der Waals surface area contributed by atoms with Crippen LogP contribution in [0.15, 0.2) is 17.5 Å². The highest BCUT2D eigenvalue weighted by Crippen LogP contribution is 2.30. The molecule has 5 heteroatoms. The number of hydrogen-bond acceptors (Lipinski definition) is 4. The molecule has 1 aliphatic heterocycles. The minimum absolute atomic E-state index is 0.187. The van der Waals surface area contributed by atoms with Gasteiger partial charge in [-0.3, -0.25) is 4.79 Å². The molecule has 0 aliphatic carbocycles. The molecule has 0 bridgehead atoms. The van der Waals surface area contributed by atoms with Crippen molar-refractivity contribution in [3.05, 3.63) is 22.4 Å². The average Bonchev–Trinajstić information content (AvgIpc) is 2.88. The van der Waals surface area contributed by atoms with Gasteiger partial charge in [0.2, 0.25) is 0 Å². The number of carbonyl (C=O) groups excluding carboxylic acids is 1. The van der Waals surface area contributed by atoms with Gasteiger partial charge in [0.05, 0.1) is 4.88 Å². The van der Waals surface area contributed by atoms with Gasteiger partial charge in [0.25, 0.3) is 5.91 Å². The van der Waals surface area contributed by atoms with E-state index in [4.69, 9.17) is 0 Å². The Hall–Kier alpha value is -0.910. The van der Waals surface area contributed by atoms with Gasteiger partial charge in [0.1, 0.15) is 0 Å². The maximum Gasteiger partial charge on any atom is 0.264 e. The molecule has 0 saturated carbocycles. The number of nitrogens with one attached hydrogen (secondary N) is 1. The summed E-state index contributed by atoms with van der Waals surface area (Å²) in [6, 6.07) is 4.51. The summed E-state index contributed by atoms with van der Waals surface area (Å²) in [5.41, 5.74) is 0. The maximum atomic E-state index is 12.3. The van der Waals surface area contributed by atoms with Crippen LogP contribution in [0.3, 0.4) is 0 Å². The lowest BCUT2D eigenvalue weighted by Crippen LogP contribution is -2.51. The zero-order valence-electron chi connectivity index (χ0n) is 9.60. The first-order valence-corrected chi connectivity index (χ1v) is 7.43. The number of rotatable bonds is 1. The van der Waals surface area contributed by atoms with Gasteiger partial charge >= 0.3 is 0 Å². The third kappa shape index (κ3) is 2.10. The van der Waals surface area contributed by atoms with E-state index in [-0.39, 0.29) is 5.91 Å².